The lowest BCUT2D eigenvalue weighted by molar-refractivity contribution is -0.124. The van der Waals surface area contributed by atoms with Crippen molar-refractivity contribution in [2.24, 2.45) is 11.8 Å². The molecule has 3 heteroatoms. The van der Waals surface area contributed by atoms with E-state index in [2.05, 4.69) is 31.4 Å². The summed E-state index contributed by atoms with van der Waals surface area (Å²) >= 11 is 0. The minimum Gasteiger partial charge on any atom is -0.351 e. The van der Waals surface area contributed by atoms with Gasteiger partial charge in [-0.05, 0) is 30.4 Å². The highest BCUT2D eigenvalue weighted by atomic mass is 16.2. The Balaban J connectivity index is 2.08. The van der Waals surface area contributed by atoms with Crippen LogP contribution in [0.1, 0.15) is 38.7 Å². The Kier molecular flexibility index (Phi) is 5.18. The van der Waals surface area contributed by atoms with Gasteiger partial charge in [-0.2, -0.15) is 0 Å². The molecule has 0 spiro atoms. The number of piperidine rings is 1. The summed E-state index contributed by atoms with van der Waals surface area (Å²) in [6, 6.07) is 10.3. The van der Waals surface area contributed by atoms with Crippen LogP contribution < -0.4 is 10.6 Å². The van der Waals surface area contributed by atoms with E-state index in [9.17, 15) is 4.79 Å². The van der Waals surface area contributed by atoms with E-state index in [-0.39, 0.29) is 17.9 Å². The van der Waals surface area contributed by atoms with Crippen LogP contribution in [0.25, 0.3) is 0 Å². The van der Waals surface area contributed by atoms with Crippen molar-refractivity contribution in [2.75, 3.05) is 13.1 Å². The molecule has 1 aromatic carbocycles. The maximum atomic E-state index is 12.7. The Hall–Kier alpha value is -1.35. The van der Waals surface area contributed by atoms with Gasteiger partial charge in [0.25, 0.3) is 0 Å². The SMILES string of the molecule is CC(C)C(C(=O)NC1CNCCC1C)c1ccccc1. The molecule has 1 saturated heterocycles. The first kappa shape index (κ1) is 15.0. The molecule has 2 rings (SSSR count). The van der Waals surface area contributed by atoms with Crippen molar-refractivity contribution >= 4 is 5.91 Å². The van der Waals surface area contributed by atoms with Gasteiger partial charge in [-0.3, -0.25) is 4.79 Å². The van der Waals surface area contributed by atoms with Crippen LogP contribution in [0.2, 0.25) is 0 Å². The summed E-state index contributed by atoms with van der Waals surface area (Å²) in [7, 11) is 0. The second-order valence-corrected chi connectivity index (χ2v) is 6.22. The molecule has 0 saturated carbocycles. The summed E-state index contributed by atoms with van der Waals surface area (Å²) in [5.74, 6) is 0.935. The highest BCUT2D eigenvalue weighted by Gasteiger charge is 2.28. The lowest BCUT2D eigenvalue weighted by Gasteiger charge is -2.32. The van der Waals surface area contributed by atoms with E-state index in [1.165, 1.54) is 0 Å². The molecule has 1 heterocycles. The molecule has 110 valence electrons. The third-order valence-corrected chi connectivity index (χ3v) is 4.26. The molecule has 0 radical (unpaired) electrons. The van der Waals surface area contributed by atoms with Crippen molar-refractivity contribution in [2.45, 2.75) is 39.2 Å². The first-order valence-electron chi connectivity index (χ1n) is 7.65. The highest BCUT2D eigenvalue weighted by molar-refractivity contribution is 5.84. The number of nitrogens with one attached hydrogen (secondary N) is 2. The summed E-state index contributed by atoms with van der Waals surface area (Å²) in [4.78, 5) is 12.7. The van der Waals surface area contributed by atoms with Crippen LogP contribution in [0.5, 0.6) is 0 Å². The maximum absolute atomic E-state index is 12.7. The standard InChI is InChI=1S/C17H26N2O/c1-12(2)16(14-7-5-4-6-8-14)17(20)19-15-11-18-10-9-13(15)3/h4-8,12-13,15-16,18H,9-11H2,1-3H3,(H,19,20). The van der Waals surface area contributed by atoms with E-state index < -0.39 is 0 Å². The van der Waals surface area contributed by atoms with Crippen LogP contribution in [-0.2, 0) is 4.79 Å². The molecule has 2 N–H and O–H groups in total. The topological polar surface area (TPSA) is 41.1 Å². The summed E-state index contributed by atoms with van der Waals surface area (Å²) in [5, 5.41) is 6.61. The summed E-state index contributed by atoms with van der Waals surface area (Å²) in [6.07, 6.45) is 1.13. The zero-order valence-corrected chi connectivity index (χ0v) is 12.7. The second kappa shape index (κ2) is 6.89. The van der Waals surface area contributed by atoms with Crippen LogP contribution in [0.3, 0.4) is 0 Å². The van der Waals surface area contributed by atoms with Crippen molar-refractivity contribution in [3.05, 3.63) is 35.9 Å². The molecule has 3 unspecified atom stereocenters. The molecule has 1 aliphatic heterocycles. The normalized spacial score (nSPS) is 24.4. The van der Waals surface area contributed by atoms with E-state index in [0.29, 0.717) is 11.8 Å². The van der Waals surface area contributed by atoms with Gasteiger partial charge in [0.15, 0.2) is 0 Å². The fourth-order valence-corrected chi connectivity index (χ4v) is 2.95. The summed E-state index contributed by atoms with van der Waals surface area (Å²) in [6.45, 7) is 8.38. The van der Waals surface area contributed by atoms with Gasteiger partial charge in [-0.15, -0.1) is 0 Å². The molecule has 1 amide bonds. The second-order valence-electron chi connectivity index (χ2n) is 6.22. The smallest absolute Gasteiger partial charge is 0.228 e. The molecule has 0 bridgehead atoms. The molecule has 1 fully saturated rings. The van der Waals surface area contributed by atoms with Crippen molar-refractivity contribution in [1.82, 2.24) is 10.6 Å². The zero-order valence-electron chi connectivity index (χ0n) is 12.7. The number of amides is 1. The first-order valence-corrected chi connectivity index (χ1v) is 7.65. The van der Waals surface area contributed by atoms with Crippen LogP contribution in [-0.4, -0.2) is 25.0 Å². The minimum absolute atomic E-state index is 0.0645. The largest absolute Gasteiger partial charge is 0.351 e. The number of benzene rings is 1. The fraction of sp³-hybridized carbons (Fsp3) is 0.588. The third kappa shape index (κ3) is 3.60. The van der Waals surface area contributed by atoms with E-state index >= 15 is 0 Å². The quantitative estimate of drug-likeness (QED) is 0.886. The van der Waals surface area contributed by atoms with Crippen LogP contribution in [0.4, 0.5) is 0 Å². The Bertz CT molecular complexity index is 430. The maximum Gasteiger partial charge on any atom is 0.228 e. The van der Waals surface area contributed by atoms with Crippen molar-refractivity contribution < 1.29 is 4.79 Å². The van der Waals surface area contributed by atoms with Crippen molar-refractivity contribution in [3.63, 3.8) is 0 Å². The number of hydrogen-bond donors (Lipinski definition) is 2. The molecule has 0 aliphatic carbocycles. The van der Waals surface area contributed by atoms with Gasteiger partial charge in [0.2, 0.25) is 5.91 Å². The molecular weight excluding hydrogens is 248 g/mol. The molecule has 3 nitrogen and oxygen atoms in total. The molecule has 3 atom stereocenters. The van der Waals surface area contributed by atoms with E-state index in [4.69, 9.17) is 0 Å². The molecule has 1 aliphatic rings. The lowest BCUT2D eigenvalue weighted by atomic mass is 9.86. The molecular formula is C17H26N2O. The monoisotopic (exact) mass is 274 g/mol. The van der Waals surface area contributed by atoms with Gasteiger partial charge in [0.05, 0.1) is 5.92 Å². The molecule has 20 heavy (non-hydrogen) atoms. The number of rotatable bonds is 4. The fourth-order valence-electron chi connectivity index (χ4n) is 2.95. The van der Waals surface area contributed by atoms with Crippen molar-refractivity contribution in [1.29, 1.82) is 0 Å². The number of hydrogen-bond acceptors (Lipinski definition) is 2. The van der Waals surface area contributed by atoms with E-state index in [1.54, 1.807) is 0 Å². The highest BCUT2D eigenvalue weighted by Crippen LogP contribution is 2.25. The minimum atomic E-state index is -0.0645. The first-order chi connectivity index (χ1) is 9.59. The van der Waals surface area contributed by atoms with Gasteiger partial charge in [-0.25, -0.2) is 0 Å². The van der Waals surface area contributed by atoms with Gasteiger partial charge in [0.1, 0.15) is 0 Å². The van der Waals surface area contributed by atoms with Gasteiger partial charge < -0.3 is 10.6 Å². The molecule has 0 aromatic heterocycles. The van der Waals surface area contributed by atoms with Gasteiger partial charge >= 0.3 is 0 Å². The Morgan fingerprint density at radius 3 is 2.60 bits per heavy atom. The van der Waals surface area contributed by atoms with Crippen molar-refractivity contribution in [3.8, 4) is 0 Å². The number of carbonyl (C=O) groups excluding carboxylic acids is 1. The molecule has 1 aromatic rings. The summed E-state index contributed by atoms with van der Waals surface area (Å²) in [5.41, 5.74) is 1.11. The van der Waals surface area contributed by atoms with E-state index in [1.807, 2.05) is 30.3 Å². The average molecular weight is 274 g/mol. The predicted molar refractivity (Wildman–Crippen MR) is 82.6 cm³/mol. The van der Waals surface area contributed by atoms with Crippen LogP contribution in [0, 0.1) is 11.8 Å². The predicted octanol–water partition coefficient (Wildman–Crippen LogP) is 2.54. The Labute approximate surface area is 122 Å². The third-order valence-electron chi connectivity index (χ3n) is 4.26. The van der Waals surface area contributed by atoms with Crippen LogP contribution in [0.15, 0.2) is 30.3 Å². The lowest BCUT2D eigenvalue weighted by Crippen LogP contribution is -2.51. The Morgan fingerprint density at radius 1 is 1.30 bits per heavy atom. The van der Waals surface area contributed by atoms with E-state index in [0.717, 1.165) is 25.1 Å². The van der Waals surface area contributed by atoms with Gasteiger partial charge in [-0.1, -0.05) is 51.1 Å². The number of carbonyl (C=O) groups is 1. The van der Waals surface area contributed by atoms with Gasteiger partial charge in [0, 0.05) is 12.6 Å². The summed E-state index contributed by atoms with van der Waals surface area (Å²) < 4.78 is 0. The van der Waals surface area contributed by atoms with Crippen LogP contribution >= 0.6 is 0 Å². The average Bonchev–Trinajstić information content (AvgIpc) is 2.42. The zero-order chi connectivity index (χ0) is 14.5. The Morgan fingerprint density at radius 2 is 2.00 bits per heavy atom.